The third kappa shape index (κ3) is 4.08. The van der Waals surface area contributed by atoms with Crippen molar-refractivity contribution in [2.24, 2.45) is 0 Å². The molecule has 18 heavy (non-hydrogen) atoms. The average Bonchev–Trinajstić information content (AvgIpc) is 2.76. The van der Waals surface area contributed by atoms with E-state index in [1.807, 2.05) is 0 Å². The molecule has 4 nitrogen and oxygen atoms in total. The highest BCUT2D eigenvalue weighted by Crippen LogP contribution is 2.15. The zero-order valence-corrected chi connectivity index (χ0v) is 11.7. The molecule has 1 aromatic rings. The van der Waals surface area contributed by atoms with Crippen LogP contribution >= 0.6 is 11.3 Å². The van der Waals surface area contributed by atoms with Crippen LogP contribution in [0.2, 0.25) is 0 Å². The van der Waals surface area contributed by atoms with Crippen LogP contribution in [-0.4, -0.2) is 50.1 Å². The zero-order chi connectivity index (χ0) is 12.8. The molecule has 100 valence electrons. The van der Waals surface area contributed by atoms with E-state index in [0.717, 1.165) is 39.1 Å². The predicted octanol–water partition coefficient (Wildman–Crippen LogP) is 0.620. The monoisotopic (exact) mass is 267 g/mol. The Labute approximate surface area is 112 Å². The molecular weight excluding hydrogens is 246 g/mol. The molecule has 1 amide bonds. The van der Waals surface area contributed by atoms with E-state index in [2.05, 4.69) is 33.9 Å². The van der Waals surface area contributed by atoms with Crippen LogP contribution in [0.15, 0.2) is 11.4 Å². The fourth-order valence-corrected chi connectivity index (χ4v) is 3.01. The molecule has 0 aliphatic carbocycles. The number of nitrogens with zero attached hydrogens (tertiary/aromatic N) is 1. The van der Waals surface area contributed by atoms with Crippen LogP contribution in [0.25, 0.3) is 0 Å². The number of thiophene rings is 1. The first kappa shape index (κ1) is 13.5. The van der Waals surface area contributed by atoms with Gasteiger partial charge in [-0.25, -0.2) is 0 Å². The Balaban J connectivity index is 1.64. The molecule has 1 aliphatic rings. The average molecular weight is 267 g/mol. The van der Waals surface area contributed by atoms with Gasteiger partial charge in [0.15, 0.2) is 0 Å². The van der Waals surface area contributed by atoms with Gasteiger partial charge in [0.2, 0.25) is 5.91 Å². The van der Waals surface area contributed by atoms with E-state index >= 15 is 0 Å². The summed E-state index contributed by atoms with van der Waals surface area (Å²) in [6.07, 6.45) is 0.941. The molecule has 0 atom stereocenters. The highest BCUT2D eigenvalue weighted by atomic mass is 32.1. The van der Waals surface area contributed by atoms with Gasteiger partial charge in [0.25, 0.3) is 0 Å². The Morgan fingerprint density at radius 3 is 2.94 bits per heavy atom. The SMILES string of the molecule is Cc1ccsc1CCNC(=O)CN1CCNCC1. The first-order valence-electron chi connectivity index (χ1n) is 6.48. The van der Waals surface area contributed by atoms with Gasteiger partial charge in [-0.05, 0) is 30.4 Å². The number of carbonyl (C=O) groups is 1. The van der Waals surface area contributed by atoms with Crippen molar-refractivity contribution in [3.05, 3.63) is 21.9 Å². The van der Waals surface area contributed by atoms with Crippen LogP contribution in [0.1, 0.15) is 10.4 Å². The van der Waals surface area contributed by atoms with Gasteiger partial charge in [-0.1, -0.05) is 0 Å². The lowest BCUT2D eigenvalue weighted by molar-refractivity contribution is -0.122. The van der Waals surface area contributed by atoms with Crippen molar-refractivity contribution in [1.82, 2.24) is 15.5 Å². The maximum Gasteiger partial charge on any atom is 0.234 e. The molecule has 2 rings (SSSR count). The van der Waals surface area contributed by atoms with E-state index in [0.29, 0.717) is 6.54 Å². The van der Waals surface area contributed by atoms with Gasteiger partial charge in [0.1, 0.15) is 0 Å². The summed E-state index contributed by atoms with van der Waals surface area (Å²) in [6.45, 7) is 7.31. The molecule has 0 aromatic carbocycles. The standard InChI is InChI=1S/C13H21N3OS/c1-11-3-9-18-12(11)2-4-15-13(17)10-16-7-5-14-6-8-16/h3,9,14H,2,4-8,10H2,1H3,(H,15,17). The van der Waals surface area contributed by atoms with Gasteiger partial charge in [0, 0.05) is 37.6 Å². The molecule has 2 N–H and O–H groups in total. The highest BCUT2D eigenvalue weighted by Gasteiger charge is 2.12. The summed E-state index contributed by atoms with van der Waals surface area (Å²) < 4.78 is 0. The van der Waals surface area contributed by atoms with Crippen molar-refractivity contribution in [3.8, 4) is 0 Å². The highest BCUT2D eigenvalue weighted by molar-refractivity contribution is 7.10. The zero-order valence-electron chi connectivity index (χ0n) is 10.9. The number of hydrogen-bond donors (Lipinski definition) is 2. The van der Waals surface area contributed by atoms with Gasteiger partial charge < -0.3 is 10.6 Å². The summed E-state index contributed by atoms with van der Waals surface area (Å²) in [4.78, 5) is 15.3. The van der Waals surface area contributed by atoms with E-state index in [9.17, 15) is 4.79 Å². The molecule has 0 unspecified atom stereocenters. The summed E-state index contributed by atoms with van der Waals surface area (Å²) in [5.74, 6) is 0.145. The topological polar surface area (TPSA) is 44.4 Å². The molecule has 0 saturated carbocycles. The number of amides is 1. The molecular formula is C13H21N3OS. The summed E-state index contributed by atoms with van der Waals surface area (Å²) in [7, 11) is 0. The molecule has 1 aliphatic heterocycles. The lowest BCUT2D eigenvalue weighted by atomic mass is 10.2. The Morgan fingerprint density at radius 2 is 2.28 bits per heavy atom. The van der Waals surface area contributed by atoms with Crippen LogP contribution in [0.3, 0.4) is 0 Å². The Kier molecular flexibility index (Phi) is 5.16. The predicted molar refractivity (Wildman–Crippen MR) is 75.1 cm³/mol. The fraction of sp³-hybridized carbons (Fsp3) is 0.615. The molecule has 1 fully saturated rings. The maximum absolute atomic E-state index is 11.8. The second-order valence-electron chi connectivity index (χ2n) is 4.65. The number of carbonyl (C=O) groups excluding carboxylic acids is 1. The normalized spacial score (nSPS) is 16.7. The van der Waals surface area contributed by atoms with Gasteiger partial charge in [-0.2, -0.15) is 0 Å². The van der Waals surface area contributed by atoms with Crippen molar-refractivity contribution < 1.29 is 4.79 Å². The molecule has 0 bridgehead atoms. The smallest absolute Gasteiger partial charge is 0.234 e. The minimum Gasteiger partial charge on any atom is -0.355 e. The largest absolute Gasteiger partial charge is 0.355 e. The van der Waals surface area contributed by atoms with Gasteiger partial charge >= 0.3 is 0 Å². The van der Waals surface area contributed by atoms with Crippen LogP contribution in [0.4, 0.5) is 0 Å². The lowest BCUT2D eigenvalue weighted by Crippen LogP contribution is -2.47. The number of aryl methyl sites for hydroxylation is 1. The van der Waals surface area contributed by atoms with Crippen LogP contribution in [0, 0.1) is 6.92 Å². The Bertz CT molecular complexity index is 385. The van der Waals surface area contributed by atoms with E-state index in [1.165, 1.54) is 10.4 Å². The Hall–Kier alpha value is -0.910. The molecule has 1 aromatic heterocycles. The molecule has 2 heterocycles. The first-order chi connectivity index (χ1) is 8.75. The van der Waals surface area contributed by atoms with E-state index in [-0.39, 0.29) is 5.91 Å². The molecule has 1 saturated heterocycles. The van der Waals surface area contributed by atoms with Crippen molar-refractivity contribution in [2.75, 3.05) is 39.3 Å². The van der Waals surface area contributed by atoms with E-state index in [1.54, 1.807) is 11.3 Å². The van der Waals surface area contributed by atoms with Gasteiger partial charge in [-0.15, -0.1) is 11.3 Å². The Morgan fingerprint density at radius 1 is 1.50 bits per heavy atom. The molecule has 0 spiro atoms. The number of rotatable bonds is 5. The maximum atomic E-state index is 11.8. The van der Waals surface area contributed by atoms with Gasteiger partial charge in [0.05, 0.1) is 6.54 Å². The number of hydrogen-bond acceptors (Lipinski definition) is 4. The number of nitrogens with one attached hydrogen (secondary N) is 2. The third-order valence-electron chi connectivity index (χ3n) is 3.22. The fourth-order valence-electron chi connectivity index (χ4n) is 2.10. The lowest BCUT2D eigenvalue weighted by Gasteiger charge is -2.26. The quantitative estimate of drug-likeness (QED) is 0.822. The van der Waals surface area contributed by atoms with E-state index < -0.39 is 0 Å². The first-order valence-corrected chi connectivity index (χ1v) is 7.36. The van der Waals surface area contributed by atoms with Crippen LogP contribution < -0.4 is 10.6 Å². The second kappa shape index (κ2) is 6.87. The van der Waals surface area contributed by atoms with Crippen LogP contribution in [0.5, 0.6) is 0 Å². The van der Waals surface area contributed by atoms with Crippen LogP contribution in [-0.2, 0) is 11.2 Å². The second-order valence-corrected chi connectivity index (χ2v) is 5.65. The van der Waals surface area contributed by atoms with Gasteiger partial charge in [-0.3, -0.25) is 9.69 Å². The van der Waals surface area contributed by atoms with E-state index in [4.69, 9.17) is 0 Å². The number of piperazine rings is 1. The van der Waals surface area contributed by atoms with Crippen molar-refractivity contribution in [3.63, 3.8) is 0 Å². The minimum absolute atomic E-state index is 0.145. The minimum atomic E-state index is 0.145. The third-order valence-corrected chi connectivity index (χ3v) is 4.30. The summed E-state index contributed by atoms with van der Waals surface area (Å²) >= 11 is 1.77. The molecule has 0 radical (unpaired) electrons. The molecule has 5 heteroatoms. The summed E-state index contributed by atoms with van der Waals surface area (Å²) in [5.41, 5.74) is 1.33. The van der Waals surface area contributed by atoms with Crippen molar-refractivity contribution in [2.45, 2.75) is 13.3 Å². The van der Waals surface area contributed by atoms with Crippen molar-refractivity contribution >= 4 is 17.2 Å². The summed E-state index contributed by atoms with van der Waals surface area (Å²) in [5, 5.41) is 8.39. The van der Waals surface area contributed by atoms with Crippen molar-refractivity contribution in [1.29, 1.82) is 0 Å². The summed E-state index contributed by atoms with van der Waals surface area (Å²) in [6, 6.07) is 2.13.